The van der Waals surface area contributed by atoms with E-state index in [9.17, 15) is 9.90 Å². The van der Waals surface area contributed by atoms with Gasteiger partial charge in [0, 0.05) is 35.1 Å². The number of ether oxygens (including phenoxy) is 1. The third kappa shape index (κ3) is 3.82. The molecule has 0 radical (unpaired) electrons. The third-order valence-corrected chi connectivity index (χ3v) is 9.72. The van der Waals surface area contributed by atoms with Crippen molar-refractivity contribution in [1.29, 1.82) is 0 Å². The van der Waals surface area contributed by atoms with Gasteiger partial charge in [-0.2, -0.15) is 0 Å². The molecule has 1 aromatic heterocycles. The highest BCUT2D eigenvalue weighted by atomic mass is 32.1. The number of hydrogen-bond acceptors (Lipinski definition) is 4. The second-order valence-electron chi connectivity index (χ2n) is 10.3. The molecule has 0 spiro atoms. The van der Waals surface area contributed by atoms with E-state index in [4.69, 9.17) is 4.74 Å². The highest BCUT2D eigenvalue weighted by Crippen LogP contribution is 2.45. The first-order chi connectivity index (χ1) is 15.5. The molecular weight excluding hydrogens is 418 g/mol. The summed E-state index contributed by atoms with van der Waals surface area (Å²) in [6.45, 7) is 5.47. The van der Waals surface area contributed by atoms with Gasteiger partial charge in [0.05, 0.1) is 13.1 Å². The molecule has 2 bridgehead atoms. The number of nitrogens with zero attached hydrogens (tertiary/aromatic N) is 1. The van der Waals surface area contributed by atoms with Gasteiger partial charge >= 0.3 is 5.97 Å². The van der Waals surface area contributed by atoms with Crippen molar-refractivity contribution in [3.8, 4) is 0 Å². The predicted octanol–water partition coefficient (Wildman–Crippen LogP) is 5.43. The van der Waals surface area contributed by atoms with Crippen molar-refractivity contribution in [2.24, 2.45) is 11.8 Å². The lowest BCUT2D eigenvalue weighted by Gasteiger charge is -2.55. The first-order valence-electron chi connectivity index (χ1n) is 12.4. The number of rotatable bonds is 6. The first kappa shape index (κ1) is 22.1. The Balaban J connectivity index is 1.37. The number of carbonyl (C=O) groups excluding carboxylic acids is 1. The van der Waals surface area contributed by atoms with Crippen LogP contribution in [0.5, 0.6) is 0 Å². The third-order valence-electron chi connectivity index (χ3n) is 8.73. The Morgan fingerprint density at radius 1 is 1.06 bits per heavy atom. The molecule has 4 heterocycles. The summed E-state index contributed by atoms with van der Waals surface area (Å²) in [5, 5.41) is 13.8. The van der Waals surface area contributed by atoms with Gasteiger partial charge in [0.2, 0.25) is 0 Å². The number of quaternary nitrogens is 1. The maximum atomic E-state index is 13.7. The summed E-state index contributed by atoms with van der Waals surface area (Å²) in [5.41, 5.74) is -0.147. The van der Waals surface area contributed by atoms with Crippen LogP contribution in [-0.4, -0.2) is 41.3 Å². The van der Waals surface area contributed by atoms with Gasteiger partial charge in [-0.25, -0.2) is 4.79 Å². The van der Waals surface area contributed by atoms with Gasteiger partial charge in [-0.15, -0.1) is 11.3 Å². The highest BCUT2D eigenvalue weighted by Gasteiger charge is 2.54. The summed E-state index contributed by atoms with van der Waals surface area (Å²) in [4.78, 5) is 14.4. The van der Waals surface area contributed by atoms with Gasteiger partial charge in [0.1, 0.15) is 12.6 Å². The van der Waals surface area contributed by atoms with Crippen LogP contribution in [0.2, 0.25) is 0 Å². The zero-order valence-corrected chi connectivity index (χ0v) is 19.9. The zero-order chi connectivity index (χ0) is 22.2. The molecule has 3 saturated heterocycles. The van der Waals surface area contributed by atoms with Crippen molar-refractivity contribution in [2.75, 3.05) is 19.6 Å². The van der Waals surface area contributed by atoms with Crippen molar-refractivity contribution < 1.29 is 19.1 Å². The Morgan fingerprint density at radius 3 is 2.44 bits per heavy atom. The lowest BCUT2D eigenvalue weighted by atomic mass is 9.75. The molecule has 3 aliphatic heterocycles. The molecule has 2 aromatic rings. The van der Waals surface area contributed by atoms with E-state index in [1.807, 2.05) is 17.5 Å². The van der Waals surface area contributed by atoms with Crippen molar-refractivity contribution in [1.82, 2.24) is 0 Å². The van der Waals surface area contributed by atoms with E-state index in [1.54, 1.807) is 0 Å². The van der Waals surface area contributed by atoms with Crippen molar-refractivity contribution in [3.63, 3.8) is 0 Å². The second-order valence-corrected chi connectivity index (χ2v) is 11.2. The summed E-state index contributed by atoms with van der Waals surface area (Å²) in [7, 11) is 0. The quantitative estimate of drug-likeness (QED) is 0.468. The number of carbonyl (C=O) groups is 1. The normalized spacial score (nSPS) is 31.1. The molecule has 1 saturated carbocycles. The SMILES string of the molecule is CC(c1ccccc1)[N+]12CCC(CC1)[C@@H](OC(=O)[C@@](O)(c1cccs1)C1CCCCC1)C2. The number of piperidine rings is 3. The van der Waals surface area contributed by atoms with E-state index in [2.05, 4.69) is 37.3 Å². The smallest absolute Gasteiger partial charge is 0.344 e. The Morgan fingerprint density at radius 2 is 1.78 bits per heavy atom. The van der Waals surface area contributed by atoms with Crippen LogP contribution in [-0.2, 0) is 15.1 Å². The van der Waals surface area contributed by atoms with Gasteiger partial charge in [0.15, 0.2) is 11.7 Å². The Bertz CT molecular complexity index is 900. The van der Waals surface area contributed by atoms with E-state index < -0.39 is 11.6 Å². The monoisotopic (exact) mass is 454 g/mol. The van der Waals surface area contributed by atoms with Gasteiger partial charge in [0.25, 0.3) is 0 Å². The van der Waals surface area contributed by atoms with Crippen molar-refractivity contribution >= 4 is 17.3 Å². The topological polar surface area (TPSA) is 46.5 Å². The molecule has 32 heavy (non-hydrogen) atoms. The summed E-state index contributed by atoms with van der Waals surface area (Å²) in [5.74, 6) is -0.0353. The lowest BCUT2D eigenvalue weighted by molar-refractivity contribution is -0.972. The molecule has 172 valence electrons. The van der Waals surface area contributed by atoms with Crippen LogP contribution in [0.15, 0.2) is 47.8 Å². The molecule has 5 heteroatoms. The number of esters is 1. The number of thiophene rings is 1. The standard InChI is InChI=1S/C27H36NO3S/c1-20(21-9-4-2-5-10-21)28-16-14-22(15-17-28)24(19-28)31-26(29)27(30,25-13-8-18-32-25)23-11-6-3-7-12-23/h2,4-5,8-10,13,18,20,22-24,30H,3,6-7,11-12,14-17,19H2,1H3/q+1/t20?,22?,24-,27-,28?/m0/s1. The largest absolute Gasteiger partial charge is 0.454 e. The second kappa shape index (κ2) is 8.92. The van der Waals surface area contributed by atoms with E-state index in [-0.39, 0.29) is 12.0 Å². The van der Waals surface area contributed by atoms with Crippen molar-refractivity contribution in [3.05, 3.63) is 58.3 Å². The molecule has 3 atom stereocenters. The van der Waals surface area contributed by atoms with Gasteiger partial charge in [-0.1, -0.05) is 55.7 Å². The van der Waals surface area contributed by atoms with Crippen LogP contribution >= 0.6 is 11.3 Å². The van der Waals surface area contributed by atoms with Crippen LogP contribution < -0.4 is 0 Å². The number of fused-ring (bicyclic) bond motifs is 3. The maximum absolute atomic E-state index is 13.7. The molecule has 6 rings (SSSR count). The van der Waals surface area contributed by atoms with Gasteiger partial charge < -0.3 is 14.3 Å². The molecule has 4 nitrogen and oxygen atoms in total. The fourth-order valence-corrected chi connectivity index (χ4v) is 7.49. The predicted molar refractivity (Wildman–Crippen MR) is 127 cm³/mol. The minimum atomic E-state index is -1.50. The minimum Gasteiger partial charge on any atom is -0.454 e. The van der Waals surface area contributed by atoms with Gasteiger partial charge in [-0.05, 0) is 31.2 Å². The van der Waals surface area contributed by atoms with Crippen molar-refractivity contribution in [2.45, 2.75) is 69.6 Å². The molecule has 1 N–H and O–H groups in total. The van der Waals surface area contributed by atoms with Crippen LogP contribution in [0, 0.1) is 11.8 Å². The molecule has 1 unspecified atom stereocenters. The summed E-state index contributed by atoms with van der Waals surface area (Å²) < 4.78 is 7.27. The van der Waals surface area contributed by atoms with Crippen LogP contribution in [0.3, 0.4) is 0 Å². The minimum absolute atomic E-state index is 0.0464. The Hall–Kier alpha value is -1.69. The number of hydrogen-bond donors (Lipinski definition) is 1. The first-order valence-corrected chi connectivity index (χ1v) is 13.3. The fraction of sp³-hybridized carbons (Fsp3) is 0.593. The van der Waals surface area contributed by atoms with E-state index >= 15 is 0 Å². The van der Waals surface area contributed by atoms with Gasteiger partial charge in [-0.3, -0.25) is 0 Å². The van der Waals surface area contributed by atoms with E-state index in [0.29, 0.717) is 12.0 Å². The van der Waals surface area contributed by atoms with Crippen LogP contribution in [0.25, 0.3) is 0 Å². The summed E-state index contributed by atoms with van der Waals surface area (Å²) in [6, 6.07) is 15.0. The summed E-state index contributed by atoms with van der Waals surface area (Å²) in [6.07, 6.45) is 7.20. The van der Waals surface area contributed by atoms with E-state index in [0.717, 1.165) is 67.5 Å². The molecule has 1 aliphatic carbocycles. The van der Waals surface area contributed by atoms with Crippen LogP contribution in [0.1, 0.15) is 68.4 Å². The molecule has 4 aliphatic rings. The Labute approximate surface area is 195 Å². The molecule has 4 fully saturated rings. The summed E-state index contributed by atoms with van der Waals surface area (Å²) >= 11 is 1.48. The number of aliphatic hydroxyl groups is 1. The molecule has 0 amide bonds. The van der Waals surface area contributed by atoms with Crippen LogP contribution in [0.4, 0.5) is 0 Å². The Kier molecular flexibility index (Phi) is 6.17. The average molecular weight is 455 g/mol. The average Bonchev–Trinajstić information content (AvgIpc) is 3.40. The maximum Gasteiger partial charge on any atom is 0.344 e. The molecular formula is C27H36NO3S+. The number of benzene rings is 1. The van der Waals surface area contributed by atoms with E-state index in [1.165, 1.54) is 23.3 Å². The fourth-order valence-electron chi connectivity index (χ4n) is 6.60. The molecule has 1 aromatic carbocycles. The zero-order valence-electron chi connectivity index (χ0n) is 19.1. The lowest BCUT2D eigenvalue weighted by Crippen LogP contribution is -2.65. The highest BCUT2D eigenvalue weighted by molar-refractivity contribution is 7.10.